The third kappa shape index (κ3) is 14.5. The standard InChI is InChI=1S/C23H47NO4/c1-3-5-6-7-8-9-10-11-12-13-14-15-16-17-18-20-23(4-2,24(27)28)21-19-22(25)26/h11-12,22,25-28H,3-10,13-21H2,1-2H3/b12-11-. The highest BCUT2D eigenvalue weighted by atomic mass is 16.8. The second-order valence-corrected chi connectivity index (χ2v) is 8.22. The van der Waals surface area contributed by atoms with Crippen LogP contribution in [-0.4, -0.2) is 37.7 Å². The Balaban J connectivity index is 3.69. The highest BCUT2D eigenvalue weighted by molar-refractivity contribution is 4.83. The van der Waals surface area contributed by atoms with E-state index in [1.165, 1.54) is 57.8 Å². The average molecular weight is 402 g/mol. The first kappa shape index (κ1) is 27.5. The van der Waals surface area contributed by atoms with Gasteiger partial charge in [0.2, 0.25) is 0 Å². The second kappa shape index (κ2) is 18.6. The maximum Gasteiger partial charge on any atom is 0.151 e. The molecule has 0 aromatic heterocycles. The molecule has 0 rings (SSSR count). The predicted octanol–water partition coefficient (Wildman–Crippen LogP) is 6.34. The fourth-order valence-corrected chi connectivity index (χ4v) is 3.74. The fourth-order valence-electron chi connectivity index (χ4n) is 3.74. The maximum absolute atomic E-state index is 9.61. The molecule has 0 aliphatic rings. The molecular formula is C23H47NO4. The van der Waals surface area contributed by atoms with E-state index in [4.69, 9.17) is 10.2 Å². The number of hydrogen-bond acceptors (Lipinski definition) is 5. The zero-order valence-electron chi connectivity index (χ0n) is 18.5. The van der Waals surface area contributed by atoms with E-state index in [0.29, 0.717) is 24.5 Å². The van der Waals surface area contributed by atoms with E-state index >= 15 is 0 Å². The van der Waals surface area contributed by atoms with Gasteiger partial charge >= 0.3 is 0 Å². The van der Waals surface area contributed by atoms with Crippen LogP contribution in [0.5, 0.6) is 0 Å². The molecule has 0 aliphatic carbocycles. The molecular weight excluding hydrogens is 354 g/mol. The van der Waals surface area contributed by atoms with Crippen LogP contribution in [0.25, 0.3) is 0 Å². The minimum Gasteiger partial charge on any atom is -0.368 e. The monoisotopic (exact) mass is 401 g/mol. The molecule has 1 atom stereocenters. The molecule has 4 N–H and O–H groups in total. The largest absolute Gasteiger partial charge is 0.368 e. The van der Waals surface area contributed by atoms with Crippen LogP contribution in [0.2, 0.25) is 0 Å². The summed E-state index contributed by atoms with van der Waals surface area (Å²) in [5.74, 6) is 0. The highest BCUT2D eigenvalue weighted by Crippen LogP contribution is 2.30. The Labute approximate surface area is 173 Å². The minimum absolute atomic E-state index is 0.149. The van der Waals surface area contributed by atoms with Crippen molar-refractivity contribution >= 4 is 0 Å². The van der Waals surface area contributed by atoms with E-state index in [-0.39, 0.29) is 6.42 Å². The lowest BCUT2D eigenvalue weighted by Gasteiger charge is -2.36. The van der Waals surface area contributed by atoms with Crippen LogP contribution in [0.4, 0.5) is 0 Å². The molecule has 0 bridgehead atoms. The number of hydrogen-bond donors (Lipinski definition) is 4. The Kier molecular flexibility index (Phi) is 18.3. The molecule has 28 heavy (non-hydrogen) atoms. The van der Waals surface area contributed by atoms with Crippen LogP contribution in [0.1, 0.15) is 123 Å². The Morgan fingerprint density at radius 3 is 1.68 bits per heavy atom. The minimum atomic E-state index is -1.40. The summed E-state index contributed by atoms with van der Waals surface area (Å²) in [5, 5.41) is 37.6. The van der Waals surface area contributed by atoms with Crippen molar-refractivity contribution in [3.63, 3.8) is 0 Å². The number of hydroxylamine groups is 2. The first-order valence-electron chi connectivity index (χ1n) is 11.7. The summed E-state index contributed by atoms with van der Waals surface area (Å²) in [6.45, 7) is 4.16. The smallest absolute Gasteiger partial charge is 0.151 e. The molecule has 1 unspecified atom stereocenters. The van der Waals surface area contributed by atoms with Crippen LogP contribution in [0.15, 0.2) is 12.2 Å². The van der Waals surface area contributed by atoms with Crippen LogP contribution in [-0.2, 0) is 0 Å². The summed E-state index contributed by atoms with van der Waals surface area (Å²) in [5.41, 5.74) is -0.775. The van der Waals surface area contributed by atoms with E-state index in [9.17, 15) is 10.4 Å². The van der Waals surface area contributed by atoms with Gasteiger partial charge in [-0.2, -0.15) is 0 Å². The molecule has 168 valence electrons. The second-order valence-electron chi connectivity index (χ2n) is 8.22. The van der Waals surface area contributed by atoms with Gasteiger partial charge in [0.15, 0.2) is 6.29 Å². The van der Waals surface area contributed by atoms with Crippen molar-refractivity contribution in [3.05, 3.63) is 12.2 Å². The van der Waals surface area contributed by atoms with E-state index in [1.807, 2.05) is 6.92 Å². The van der Waals surface area contributed by atoms with E-state index in [0.717, 1.165) is 25.7 Å². The summed E-state index contributed by atoms with van der Waals surface area (Å²) in [7, 11) is 0. The van der Waals surface area contributed by atoms with Crippen molar-refractivity contribution in [1.82, 2.24) is 5.23 Å². The number of allylic oxidation sites excluding steroid dienone is 2. The normalized spacial score (nSPS) is 14.4. The summed E-state index contributed by atoms with van der Waals surface area (Å²) < 4.78 is 0. The number of nitrogens with zero attached hydrogens (tertiary/aromatic N) is 1. The zero-order valence-corrected chi connectivity index (χ0v) is 18.5. The van der Waals surface area contributed by atoms with Crippen molar-refractivity contribution in [2.45, 2.75) is 135 Å². The summed E-state index contributed by atoms with van der Waals surface area (Å²) in [4.78, 5) is 0. The molecule has 0 saturated carbocycles. The molecule has 0 fully saturated rings. The van der Waals surface area contributed by atoms with Crippen molar-refractivity contribution in [1.29, 1.82) is 0 Å². The van der Waals surface area contributed by atoms with Gasteiger partial charge in [-0.1, -0.05) is 89.0 Å². The van der Waals surface area contributed by atoms with Crippen molar-refractivity contribution in [2.75, 3.05) is 0 Å². The number of rotatable bonds is 20. The Hall–Kier alpha value is -0.460. The third-order valence-corrected chi connectivity index (χ3v) is 5.85. The fraction of sp³-hybridized carbons (Fsp3) is 0.913. The molecule has 0 aliphatic heterocycles. The summed E-state index contributed by atoms with van der Waals surface area (Å²) in [6, 6.07) is 0. The lowest BCUT2D eigenvalue weighted by atomic mass is 9.85. The van der Waals surface area contributed by atoms with Gasteiger partial charge in [-0.15, -0.1) is 0 Å². The molecule has 0 heterocycles. The van der Waals surface area contributed by atoms with E-state index < -0.39 is 11.8 Å². The van der Waals surface area contributed by atoms with Gasteiger partial charge in [0.05, 0.1) is 5.54 Å². The van der Waals surface area contributed by atoms with E-state index in [2.05, 4.69) is 19.1 Å². The average Bonchev–Trinajstić information content (AvgIpc) is 2.67. The maximum atomic E-state index is 9.61. The van der Waals surface area contributed by atoms with Gasteiger partial charge in [-0.3, -0.25) is 10.4 Å². The van der Waals surface area contributed by atoms with Crippen LogP contribution >= 0.6 is 0 Å². The van der Waals surface area contributed by atoms with Crippen molar-refractivity contribution in [3.8, 4) is 0 Å². The number of aliphatic hydroxyl groups excluding tert-OH is 1. The van der Waals surface area contributed by atoms with Gasteiger partial charge in [-0.25, -0.2) is 0 Å². The van der Waals surface area contributed by atoms with Crippen LogP contribution in [0, 0.1) is 0 Å². The first-order chi connectivity index (χ1) is 13.5. The first-order valence-corrected chi connectivity index (χ1v) is 11.7. The zero-order chi connectivity index (χ0) is 21.1. The summed E-state index contributed by atoms with van der Waals surface area (Å²) in [6.07, 6.45) is 21.1. The Bertz CT molecular complexity index is 361. The van der Waals surface area contributed by atoms with Crippen molar-refractivity contribution < 1.29 is 20.6 Å². The molecule has 5 heteroatoms. The van der Waals surface area contributed by atoms with Gasteiger partial charge in [0.1, 0.15) is 0 Å². The number of unbranched alkanes of at least 4 members (excludes halogenated alkanes) is 11. The quantitative estimate of drug-likeness (QED) is 0.0827. The molecule has 0 radical (unpaired) electrons. The Morgan fingerprint density at radius 1 is 0.714 bits per heavy atom. The lowest BCUT2D eigenvalue weighted by molar-refractivity contribution is -0.368. The number of aliphatic hydroxyl groups is 2. The van der Waals surface area contributed by atoms with Crippen molar-refractivity contribution in [2.24, 2.45) is 0 Å². The molecule has 0 saturated heterocycles. The highest BCUT2D eigenvalue weighted by Gasteiger charge is 2.34. The van der Waals surface area contributed by atoms with Crippen LogP contribution < -0.4 is 0 Å². The molecule has 0 amide bonds. The molecule has 0 spiro atoms. The third-order valence-electron chi connectivity index (χ3n) is 5.85. The predicted molar refractivity (Wildman–Crippen MR) is 115 cm³/mol. The lowest BCUT2D eigenvalue weighted by Crippen LogP contribution is -2.45. The van der Waals surface area contributed by atoms with E-state index in [1.54, 1.807) is 0 Å². The van der Waals surface area contributed by atoms with Gasteiger partial charge in [-0.05, 0) is 51.4 Å². The molecule has 5 nitrogen and oxygen atoms in total. The SMILES string of the molecule is CCCCCCCC/C=C\CCCCCCCC(CC)(CCC(O)O)N(O)O. The van der Waals surface area contributed by atoms with Gasteiger partial charge in [0, 0.05) is 0 Å². The Morgan fingerprint density at radius 2 is 1.21 bits per heavy atom. The van der Waals surface area contributed by atoms with Gasteiger partial charge in [0.25, 0.3) is 0 Å². The summed E-state index contributed by atoms with van der Waals surface area (Å²) >= 11 is 0. The molecule has 0 aromatic rings. The van der Waals surface area contributed by atoms with Crippen LogP contribution in [0.3, 0.4) is 0 Å². The van der Waals surface area contributed by atoms with Gasteiger partial charge < -0.3 is 10.2 Å². The molecule has 0 aromatic carbocycles. The topological polar surface area (TPSA) is 84.2 Å².